The summed E-state index contributed by atoms with van der Waals surface area (Å²) in [5.74, 6) is 1.69. The topological polar surface area (TPSA) is 35.0 Å². The van der Waals surface area contributed by atoms with Crippen LogP contribution in [0.5, 0.6) is 5.75 Å². The molecular formula is C23H34N2O. The predicted molar refractivity (Wildman–Crippen MR) is 110 cm³/mol. The molecule has 1 atom stereocenters. The Labute approximate surface area is 159 Å². The lowest BCUT2D eigenvalue weighted by Crippen LogP contribution is -2.10. The van der Waals surface area contributed by atoms with Crippen LogP contribution in [0.1, 0.15) is 77.7 Å². The van der Waals surface area contributed by atoms with Gasteiger partial charge in [0.15, 0.2) is 5.82 Å². The second-order valence-electron chi connectivity index (χ2n) is 7.17. The highest BCUT2D eigenvalue weighted by molar-refractivity contribution is 5.55. The highest BCUT2D eigenvalue weighted by Gasteiger charge is 2.05. The van der Waals surface area contributed by atoms with Gasteiger partial charge in [-0.15, -0.1) is 0 Å². The van der Waals surface area contributed by atoms with Crippen LogP contribution < -0.4 is 4.74 Å². The van der Waals surface area contributed by atoms with Crippen LogP contribution in [0.25, 0.3) is 11.4 Å². The Balaban J connectivity index is 1.82. The highest BCUT2D eigenvalue weighted by Crippen LogP contribution is 2.21. The molecule has 1 unspecified atom stereocenters. The summed E-state index contributed by atoms with van der Waals surface area (Å²) in [6, 6.07) is 8.09. The zero-order valence-corrected chi connectivity index (χ0v) is 16.7. The van der Waals surface area contributed by atoms with Gasteiger partial charge in [-0.2, -0.15) is 0 Å². The number of hydrogen-bond donors (Lipinski definition) is 0. The molecule has 0 N–H and O–H groups in total. The Morgan fingerprint density at radius 3 is 2.15 bits per heavy atom. The third-order valence-electron chi connectivity index (χ3n) is 4.67. The zero-order valence-electron chi connectivity index (χ0n) is 16.7. The van der Waals surface area contributed by atoms with Crippen molar-refractivity contribution >= 4 is 0 Å². The molecule has 26 heavy (non-hydrogen) atoms. The van der Waals surface area contributed by atoms with E-state index in [2.05, 4.69) is 30.7 Å². The number of hydrogen-bond acceptors (Lipinski definition) is 3. The minimum atomic E-state index is 0.253. The van der Waals surface area contributed by atoms with E-state index in [4.69, 9.17) is 4.74 Å². The summed E-state index contributed by atoms with van der Waals surface area (Å²) in [6.07, 6.45) is 15.4. The molecule has 1 heterocycles. The predicted octanol–water partition coefficient (Wildman–Crippen LogP) is 6.61. The standard InChI is InChI=1S/C23H34N2O/c1-4-6-7-8-9-10-12-20-17-24-23(25-18-20)21-13-15-22(16-14-21)26-19(3)11-5-2/h13-19H,4-12H2,1-3H3. The first-order valence-electron chi connectivity index (χ1n) is 10.3. The van der Waals surface area contributed by atoms with E-state index in [1.165, 1.54) is 44.1 Å². The third-order valence-corrected chi connectivity index (χ3v) is 4.67. The number of benzene rings is 1. The Hall–Kier alpha value is -1.90. The van der Waals surface area contributed by atoms with E-state index in [1.54, 1.807) is 0 Å². The molecule has 1 aromatic heterocycles. The Morgan fingerprint density at radius 2 is 1.50 bits per heavy atom. The van der Waals surface area contributed by atoms with E-state index in [9.17, 15) is 0 Å². The average molecular weight is 355 g/mol. The van der Waals surface area contributed by atoms with Crippen LogP contribution in [0.15, 0.2) is 36.7 Å². The minimum Gasteiger partial charge on any atom is -0.491 e. The molecule has 0 saturated heterocycles. The molecular weight excluding hydrogens is 320 g/mol. The van der Waals surface area contributed by atoms with Crippen LogP contribution in [0.4, 0.5) is 0 Å². The summed E-state index contributed by atoms with van der Waals surface area (Å²) in [4.78, 5) is 9.09. The van der Waals surface area contributed by atoms with Crippen LogP contribution in [0.2, 0.25) is 0 Å². The van der Waals surface area contributed by atoms with Crippen molar-refractivity contribution in [3.63, 3.8) is 0 Å². The van der Waals surface area contributed by atoms with Gasteiger partial charge in [-0.3, -0.25) is 0 Å². The van der Waals surface area contributed by atoms with Crippen LogP contribution in [-0.4, -0.2) is 16.1 Å². The molecule has 142 valence electrons. The Bertz CT molecular complexity index is 607. The van der Waals surface area contributed by atoms with Crippen molar-refractivity contribution in [2.45, 2.75) is 84.7 Å². The second-order valence-corrected chi connectivity index (χ2v) is 7.17. The van der Waals surface area contributed by atoms with Gasteiger partial charge in [0.25, 0.3) is 0 Å². The van der Waals surface area contributed by atoms with Gasteiger partial charge in [0, 0.05) is 18.0 Å². The van der Waals surface area contributed by atoms with Crippen molar-refractivity contribution in [2.24, 2.45) is 0 Å². The number of ether oxygens (including phenoxy) is 1. The van der Waals surface area contributed by atoms with Gasteiger partial charge in [0.2, 0.25) is 0 Å². The summed E-state index contributed by atoms with van der Waals surface area (Å²) >= 11 is 0. The molecule has 0 bridgehead atoms. The molecule has 1 aromatic carbocycles. The van der Waals surface area contributed by atoms with E-state index in [1.807, 2.05) is 36.7 Å². The first-order chi connectivity index (χ1) is 12.7. The quantitative estimate of drug-likeness (QED) is 0.402. The van der Waals surface area contributed by atoms with Crippen molar-refractivity contribution in [1.82, 2.24) is 9.97 Å². The molecule has 0 aliphatic rings. The lowest BCUT2D eigenvalue weighted by atomic mass is 10.1. The summed E-state index contributed by atoms with van der Waals surface area (Å²) in [7, 11) is 0. The van der Waals surface area contributed by atoms with E-state index in [0.717, 1.165) is 36.4 Å². The second kappa shape index (κ2) is 11.7. The van der Waals surface area contributed by atoms with Gasteiger partial charge >= 0.3 is 0 Å². The molecule has 0 radical (unpaired) electrons. The van der Waals surface area contributed by atoms with Gasteiger partial charge in [-0.25, -0.2) is 9.97 Å². The largest absolute Gasteiger partial charge is 0.491 e. The average Bonchev–Trinajstić information content (AvgIpc) is 2.66. The summed E-state index contributed by atoms with van der Waals surface area (Å²) in [6.45, 7) is 6.55. The normalized spacial score (nSPS) is 12.1. The van der Waals surface area contributed by atoms with Crippen LogP contribution in [0.3, 0.4) is 0 Å². The van der Waals surface area contributed by atoms with E-state index < -0.39 is 0 Å². The molecule has 0 aliphatic carbocycles. The minimum absolute atomic E-state index is 0.253. The molecule has 3 heteroatoms. The lowest BCUT2D eigenvalue weighted by molar-refractivity contribution is 0.210. The van der Waals surface area contributed by atoms with Crippen LogP contribution >= 0.6 is 0 Å². The van der Waals surface area contributed by atoms with Gasteiger partial charge < -0.3 is 4.74 Å². The summed E-state index contributed by atoms with van der Waals surface area (Å²) in [5, 5.41) is 0. The van der Waals surface area contributed by atoms with Gasteiger partial charge in [0.05, 0.1) is 6.10 Å². The molecule has 0 aliphatic heterocycles. The molecule has 2 rings (SSSR count). The number of nitrogens with zero attached hydrogens (tertiary/aromatic N) is 2. The molecule has 0 saturated carbocycles. The Morgan fingerprint density at radius 1 is 0.846 bits per heavy atom. The van der Waals surface area contributed by atoms with Crippen LogP contribution in [-0.2, 0) is 6.42 Å². The molecule has 0 amide bonds. The fourth-order valence-electron chi connectivity index (χ4n) is 3.12. The highest BCUT2D eigenvalue weighted by atomic mass is 16.5. The monoisotopic (exact) mass is 354 g/mol. The fraction of sp³-hybridized carbons (Fsp3) is 0.565. The van der Waals surface area contributed by atoms with Crippen LogP contribution in [0, 0.1) is 0 Å². The number of rotatable bonds is 12. The number of unbranched alkanes of at least 4 members (excludes halogenated alkanes) is 5. The van der Waals surface area contributed by atoms with Crippen molar-refractivity contribution in [3.8, 4) is 17.1 Å². The van der Waals surface area contributed by atoms with E-state index in [-0.39, 0.29) is 6.10 Å². The molecule has 0 fully saturated rings. The zero-order chi connectivity index (χ0) is 18.6. The molecule has 2 aromatic rings. The van der Waals surface area contributed by atoms with Crippen molar-refractivity contribution < 1.29 is 4.74 Å². The van der Waals surface area contributed by atoms with Crippen molar-refractivity contribution in [2.75, 3.05) is 0 Å². The smallest absolute Gasteiger partial charge is 0.159 e. The number of aromatic nitrogens is 2. The number of aryl methyl sites for hydroxylation is 1. The van der Waals surface area contributed by atoms with Gasteiger partial charge in [-0.1, -0.05) is 52.4 Å². The first-order valence-corrected chi connectivity index (χ1v) is 10.3. The first kappa shape index (κ1) is 20.4. The maximum absolute atomic E-state index is 5.90. The third kappa shape index (κ3) is 7.15. The summed E-state index contributed by atoms with van der Waals surface area (Å²) in [5.41, 5.74) is 2.27. The maximum Gasteiger partial charge on any atom is 0.159 e. The lowest BCUT2D eigenvalue weighted by Gasteiger charge is -2.13. The SMILES string of the molecule is CCCCCCCCc1cnc(-c2ccc(OC(C)CCC)cc2)nc1. The Kier molecular flexibility index (Phi) is 9.16. The van der Waals surface area contributed by atoms with Crippen molar-refractivity contribution in [1.29, 1.82) is 0 Å². The maximum atomic E-state index is 5.90. The van der Waals surface area contributed by atoms with Gasteiger partial charge in [0.1, 0.15) is 5.75 Å². The van der Waals surface area contributed by atoms with Crippen molar-refractivity contribution in [3.05, 3.63) is 42.2 Å². The van der Waals surface area contributed by atoms with E-state index in [0.29, 0.717) is 0 Å². The molecule has 0 spiro atoms. The fourth-order valence-corrected chi connectivity index (χ4v) is 3.12. The van der Waals surface area contributed by atoms with E-state index >= 15 is 0 Å². The molecule has 3 nitrogen and oxygen atoms in total. The van der Waals surface area contributed by atoms with Gasteiger partial charge in [-0.05, 0) is 56.0 Å². The summed E-state index contributed by atoms with van der Waals surface area (Å²) < 4.78 is 5.90.